The second-order valence-corrected chi connectivity index (χ2v) is 4.85. The highest BCUT2D eigenvalue weighted by molar-refractivity contribution is 5.90. The third kappa shape index (κ3) is 2.77. The van der Waals surface area contributed by atoms with Gasteiger partial charge in [0.2, 0.25) is 5.82 Å². The molecule has 0 aromatic carbocycles. The first kappa shape index (κ1) is 14.4. The fourth-order valence-electron chi connectivity index (χ4n) is 1.83. The summed E-state index contributed by atoms with van der Waals surface area (Å²) in [5, 5.41) is 16.9. The molecular formula is C13H19N5O2. The van der Waals surface area contributed by atoms with Crippen molar-refractivity contribution in [2.45, 2.75) is 39.2 Å². The summed E-state index contributed by atoms with van der Waals surface area (Å²) in [4.78, 5) is 20.1. The lowest BCUT2D eigenvalue weighted by molar-refractivity contribution is 0.0312. The second-order valence-electron chi connectivity index (χ2n) is 4.85. The zero-order valence-electron chi connectivity index (χ0n) is 11.9. The Bertz CT molecular complexity index is 618. The summed E-state index contributed by atoms with van der Waals surface area (Å²) in [6, 6.07) is 1.79. The first-order chi connectivity index (χ1) is 9.49. The molecule has 2 N–H and O–H groups in total. The molecule has 0 unspecified atom stereocenters. The number of amides is 1. The van der Waals surface area contributed by atoms with Crippen LogP contribution in [0.4, 0.5) is 0 Å². The predicted molar refractivity (Wildman–Crippen MR) is 73.4 cm³/mol. The normalized spacial score (nSPS) is 11.8. The van der Waals surface area contributed by atoms with E-state index in [0.29, 0.717) is 18.6 Å². The minimum absolute atomic E-state index is 0.0568. The molecule has 1 amide bonds. The van der Waals surface area contributed by atoms with Crippen LogP contribution in [0.5, 0.6) is 0 Å². The number of nitrogens with one attached hydrogen (secondary N) is 1. The van der Waals surface area contributed by atoms with E-state index in [-0.39, 0.29) is 12.4 Å². The molecular weight excluding hydrogens is 258 g/mol. The van der Waals surface area contributed by atoms with E-state index >= 15 is 0 Å². The van der Waals surface area contributed by atoms with Crippen LogP contribution in [0.3, 0.4) is 0 Å². The third-order valence-corrected chi connectivity index (χ3v) is 3.53. The van der Waals surface area contributed by atoms with Crippen molar-refractivity contribution >= 4 is 11.7 Å². The maximum Gasteiger partial charge on any atom is 0.291 e. The molecule has 0 atom stereocenters. The number of aliphatic hydroxyl groups is 1. The average molecular weight is 277 g/mol. The molecule has 0 aliphatic rings. The zero-order chi connectivity index (χ0) is 14.8. The van der Waals surface area contributed by atoms with Gasteiger partial charge in [0.05, 0.1) is 5.60 Å². The van der Waals surface area contributed by atoms with Gasteiger partial charge in [0.25, 0.3) is 11.7 Å². The third-order valence-electron chi connectivity index (χ3n) is 3.53. The van der Waals surface area contributed by atoms with Gasteiger partial charge in [-0.3, -0.25) is 4.79 Å². The molecule has 2 heterocycles. The molecule has 2 rings (SSSR count). The lowest BCUT2D eigenvalue weighted by Gasteiger charge is -2.24. The van der Waals surface area contributed by atoms with Crippen molar-refractivity contribution in [1.82, 2.24) is 24.9 Å². The van der Waals surface area contributed by atoms with E-state index in [1.54, 1.807) is 12.3 Å². The topological polar surface area (TPSA) is 92.4 Å². The fourth-order valence-corrected chi connectivity index (χ4v) is 1.83. The molecule has 2 aromatic rings. The number of hydrogen-bond donors (Lipinski definition) is 2. The van der Waals surface area contributed by atoms with Crippen molar-refractivity contribution in [3.05, 3.63) is 23.8 Å². The molecule has 20 heavy (non-hydrogen) atoms. The van der Waals surface area contributed by atoms with Gasteiger partial charge in [-0.05, 0) is 25.8 Å². The van der Waals surface area contributed by atoms with E-state index in [9.17, 15) is 9.90 Å². The van der Waals surface area contributed by atoms with Crippen molar-refractivity contribution in [3.63, 3.8) is 0 Å². The highest BCUT2D eigenvalue weighted by atomic mass is 16.3. The van der Waals surface area contributed by atoms with Gasteiger partial charge >= 0.3 is 0 Å². The Labute approximate surface area is 117 Å². The number of aromatic nitrogens is 4. The van der Waals surface area contributed by atoms with E-state index in [2.05, 4.69) is 20.4 Å². The van der Waals surface area contributed by atoms with Gasteiger partial charge in [0, 0.05) is 18.4 Å². The Morgan fingerprint density at radius 3 is 2.75 bits per heavy atom. The van der Waals surface area contributed by atoms with Gasteiger partial charge in [-0.2, -0.15) is 4.98 Å². The first-order valence-electron chi connectivity index (χ1n) is 6.68. The van der Waals surface area contributed by atoms with E-state index in [4.69, 9.17) is 0 Å². The number of carbonyl (C=O) groups is 1. The van der Waals surface area contributed by atoms with Gasteiger partial charge in [0.15, 0.2) is 0 Å². The van der Waals surface area contributed by atoms with Crippen LogP contribution in [-0.4, -0.2) is 42.7 Å². The van der Waals surface area contributed by atoms with Crippen LogP contribution in [-0.2, 0) is 0 Å². The molecule has 0 spiro atoms. The fraction of sp³-hybridized carbons (Fsp3) is 0.538. The zero-order valence-corrected chi connectivity index (χ0v) is 11.9. The molecule has 0 fully saturated rings. The molecule has 7 nitrogen and oxygen atoms in total. The smallest absolute Gasteiger partial charge is 0.291 e. The molecule has 0 aliphatic heterocycles. The summed E-state index contributed by atoms with van der Waals surface area (Å²) >= 11 is 0. The quantitative estimate of drug-likeness (QED) is 0.840. The number of nitrogens with zero attached hydrogens (tertiary/aromatic N) is 4. The molecule has 0 saturated carbocycles. The molecule has 7 heteroatoms. The van der Waals surface area contributed by atoms with E-state index in [1.807, 2.05) is 20.8 Å². The Morgan fingerprint density at radius 1 is 1.45 bits per heavy atom. The van der Waals surface area contributed by atoms with Gasteiger partial charge in [-0.15, -0.1) is 5.10 Å². The van der Waals surface area contributed by atoms with Crippen molar-refractivity contribution in [2.75, 3.05) is 6.54 Å². The summed E-state index contributed by atoms with van der Waals surface area (Å²) in [7, 11) is 0. The maximum absolute atomic E-state index is 12.0. The number of fused-ring (bicyclic) bond motifs is 1. The van der Waals surface area contributed by atoms with E-state index in [0.717, 1.165) is 5.69 Å². The van der Waals surface area contributed by atoms with Crippen LogP contribution >= 0.6 is 0 Å². The summed E-state index contributed by atoms with van der Waals surface area (Å²) in [6.07, 6.45) is 2.76. The number of aryl methyl sites for hydroxylation is 1. The van der Waals surface area contributed by atoms with Gasteiger partial charge in [0.1, 0.15) is 0 Å². The lowest BCUT2D eigenvalue weighted by atomic mass is 9.98. The summed E-state index contributed by atoms with van der Waals surface area (Å²) < 4.78 is 1.51. The van der Waals surface area contributed by atoms with Crippen molar-refractivity contribution in [1.29, 1.82) is 0 Å². The summed E-state index contributed by atoms with van der Waals surface area (Å²) in [6.45, 7) is 5.80. The number of hydrogen-bond acceptors (Lipinski definition) is 5. The second kappa shape index (κ2) is 5.54. The molecule has 0 radical (unpaired) electrons. The predicted octanol–water partition coefficient (Wildman–Crippen LogP) is 0.714. The average Bonchev–Trinajstić information content (AvgIpc) is 2.90. The standard InChI is InChI=1S/C13H19N5O2/c1-4-13(20,5-2)8-15-11(19)10-16-12-14-7-6-9(3)18(12)17-10/h6-7,20H,4-5,8H2,1-3H3,(H,15,19). The maximum atomic E-state index is 12.0. The Hall–Kier alpha value is -2.02. The van der Waals surface area contributed by atoms with Crippen LogP contribution in [0.1, 0.15) is 43.0 Å². The Balaban J connectivity index is 2.14. The SMILES string of the molecule is CCC(O)(CC)CNC(=O)c1nc2nccc(C)n2n1. The molecule has 0 aliphatic carbocycles. The van der Waals surface area contributed by atoms with Crippen molar-refractivity contribution in [3.8, 4) is 0 Å². The Kier molecular flexibility index (Phi) is 3.99. The molecule has 0 bridgehead atoms. The largest absolute Gasteiger partial charge is 0.388 e. The van der Waals surface area contributed by atoms with Gasteiger partial charge in [-0.1, -0.05) is 13.8 Å². The van der Waals surface area contributed by atoms with Crippen LogP contribution < -0.4 is 5.32 Å². The van der Waals surface area contributed by atoms with Gasteiger partial charge in [-0.25, -0.2) is 9.50 Å². The monoisotopic (exact) mass is 277 g/mol. The first-order valence-corrected chi connectivity index (χ1v) is 6.68. The van der Waals surface area contributed by atoms with E-state index < -0.39 is 11.5 Å². The van der Waals surface area contributed by atoms with Gasteiger partial charge < -0.3 is 10.4 Å². The lowest BCUT2D eigenvalue weighted by Crippen LogP contribution is -2.42. The summed E-state index contributed by atoms with van der Waals surface area (Å²) in [5.41, 5.74) is -0.0385. The van der Waals surface area contributed by atoms with Crippen LogP contribution in [0.2, 0.25) is 0 Å². The summed E-state index contributed by atoms with van der Waals surface area (Å²) in [5.74, 6) is 0.0352. The minimum Gasteiger partial charge on any atom is -0.388 e. The van der Waals surface area contributed by atoms with Crippen molar-refractivity contribution in [2.24, 2.45) is 0 Å². The van der Waals surface area contributed by atoms with Crippen LogP contribution in [0.15, 0.2) is 12.3 Å². The van der Waals surface area contributed by atoms with Crippen LogP contribution in [0.25, 0.3) is 5.78 Å². The van der Waals surface area contributed by atoms with Crippen LogP contribution in [0, 0.1) is 6.92 Å². The number of rotatable bonds is 5. The van der Waals surface area contributed by atoms with Crippen molar-refractivity contribution < 1.29 is 9.90 Å². The highest BCUT2D eigenvalue weighted by Crippen LogP contribution is 2.13. The molecule has 2 aromatic heterocycles. The molecule has 0 saturated heterocycles. The van der Waals surface area contributed by atoms with E-state index in [1.165, 1.54) is 4.52 Å². The Morgan fingerprint density at radius 2 is 2.15 bits per heavy atom. The minimum atomic E-state index is -0.886. The molecule has 108 valence electrons. The highest BCUT2D eigenvalue weighted by Gasteiger charge is 2.24. The number of carbonyl (C=O) groups excluding carboxylic acids is 1.